The summed E-state index contributed by atoms with van der Waals surface area (Å²) in [7, 11) is 0. The van der Waals surface area contributed by atoms with Crippen LogP contribution < -0.4 is 5.76 Å². The molecule has 0 saturated heterocycles. The minimum absolute atomic E-state index is 0.431. The Labute approximate surface area is 77.7 Å². The molecule has 0 aliphatic carbocycles. The fraction of sp³-hybridized carbons (Fsp3) is 0.286. The maximum atomic E-state index is 10.9. The fourth-order valence-corrected chi connectivity index (χ4v) is 1.74. The zero-order chi connectivity index (χ0) is 9.26. The maximum Gasteiger partial charge on any atom is 0.437 e. The van der Waals surface area contributed by atoms with Gasteiger partial charge in [-0.3, -0.25) is 0 Å². The Balaban J connectivity index is 2.24. The molecule has 2 heterocycles. The van der Waals surface area contributed by atoms with Gasteiger partial charge in [-0.05, 0) is 6.92 Å². The number of aryl methyl sites for hydroxylation is 1. The molecule has 0 radical (unpaired) electrons. The van der Waals surface area contributed by atoms with Crippen LogP contribution in [0.3, 0.4) is 0 Å². The molecule has 0 aliphatic rings. The molecule has 2 rings (SSSR count). The number of aromatic nitrogens is 3. The summed E-state index contributed by atoms with van der Waals surface area (Å²) < 4.78 is 5.78. The second-order valence-electron chi connectivity index (χ2n) is 2.51. The highest BCUT2D eigenvalue weighted by atomic mass is 32.1. The first-order chi connectivity index (χ1) is 6.25. The van der Waals surface area contributed by atoms with Crippen LogP contribution in [-0.4, -0.2) is 14.8 Å². The number of hydrogen-bond acceptors (Lipinski definition) is 5. The standard InChI is InChI=1S/C7H7N3O2S/c1-5-8-2-6(13-5)3-10-7(11)12-4-9-10/h2,4H,3H2,1H3. The van der Waals surface area contributed by atoms with Gasteiger partial charge in [0, 0.05) is 11.1 Å². The summed E-state index contributed by atoms with van der Waals surface area (Å²) in [4.78, 5) is 16.0. The first-order valence-electron chi connectivity index (χ1n) is 3.67. The maximum absolute atomic E-state index is 10.9. The SMILES string of the molecule is Cc1ncc(Cn2ncoc2=O)s1. The Morgan fingerprint density at radius 1 is 1.69 bits per heavy atom. The van der Waals surface area contributed by atoms with E-state index >= 15 is 0 Å². The molecule has 0 saturated carbocycles. The summed E-state index contributed by atoms with van der Waals surface area (Å²) in [5, 5.41) is 4.71. The van der Waals surface area contributed by atoms with Gasteiger partial charge in [-0.2, -0.15) is 4.68 Å². The van der Waals surface area contributed by atoms with Crippen LogP contribution >= 0.6 is 11.3 Å². The van der Waals surface area contributed by atoms with E-state index in [-0.39, 0.29) is 0 Å². The van der Waals surface area contributed by atoms with Crippen molar-refractivity contribution in [2.24, 2.45) is 0 Å². The molecule has 6 heteroatoms. The van der Waals surface area contributed by atoms with Gasteiger partial charge in [0.05, 0.1) is 11.6 Å². The van der Waals surface area contributed by atoms with E-state index in [1.54, 1.807) is 17.5 Å². The molecular formula is C7H7N3O2S. The van der Waals surface area contributed by atoms with E-state index in [1.807, 2.05) is 6.92 Å². The van der Waals surface area contributed by atoms with Crippen LogP contribution in [0.25, 0.3) is 0 Å². The monoisotopic (exact) mass is 197 g/mol. The number of hydrogen-bond donors (Lipinski definition) is 0. The molecule has 0 aromatic carbocycles. The minimum atomic E-state index is -0.439. The molecule has 0 fully saturated rings. The molecule has 68 valence electrons. The van der Waals surface area contributed by atoms with Gasteiger partial charge >= 0.3 is 5.76 Å². The number of thiazole rings is 1. The van der Waals surface area contributed by atoms with Crippen LogP contribution in [0, 0.1) is 6.92 Å². The number of rotatable bonds is 2. The normalized spacial score (nSPS) is 10.5. The molecule has 2 aromatic heterocycles. The van der Waals surface area contributed by atoms with E-state index in [0.717, 1.165) is 16.3 Å². The van der Waals surface area contributed by atoms with Crippen LogP contribution in [-0.2, 0) is 6.54 Å². The Morgan fingerprint density at radius 3 is 3.08 bits per heavy atom. The Bertz CT molecular complexity index is 456. The van der Waals surface area contributed by atoms with Crippen molar-refractivity contribution in [3.63, 3.8) is 0 Å². The molecule has 0 aliphatic heterocycles. The van der Waals surface area contributed by atoms with E-state index in [1.165, 1.54) is 4.68 Å². The second-order valence-corrected chi connectivity index (χ2v) is 3.83. The van der Waals surface area contributed by atoms with Gasteiger partial charge in [0.15, 0.2) is 0 Å². The van der Waals surface area contributed by atoms with Gasteiger partial charge in [0.25, 0.3) is 0 Å². The summed E-state index contributed by atoms with van der Waals surface area (Å²) in [5.74, 6) is -0.439. The quantitative estimate of drug-likeness (QED) is 0.709. The van der Waals surface area contributed by atoms with Crippen LogP contribution in [0.4, 0.5) is 0 Å². The van der Waals surface area contributed by atoms with Crippen molar-refractivity contribution < 1.29 is 4.42 Å². The van der Waals surface area contributed by atoms with Gasteiger partial charge in [0.2, 0.25) is 6.39 Å². The zero-order valence-corrected chi connectivity index (χ0v) is 7.74. The molecule has 13 heavy (non-hydrogen) atoms. The molecule has 0 N–H and O–H groups in total. The average Bonchev–Trinajstić information content (AvgIpc) is 2.64. The van der Waals surface area contributed by atoms with Crippen LogP contribution in [0.2, 0.25) is 0 Å². The first kappa shape index (κ1) is 8.18. The third-order valence-corrected chi connectivity index (χ3v) is 2.42. The topological polar surface area (TPSA) is 60.9 Å². The highest BCUT2D eigenvalue weighted by molar-refractivity contribution is 7.11. The number of nitrogens with zero attached hydrogens (tertiary/aromatic N) is 3. The lowest BCUT2D eigenvalue weighted by molar-refractivity contribution is 0.487. The molecule has 5 nitrogen and oxygen atoms in total. The minimum Gasteiger partial charge on any atom is -0.395 e. The Hall–Kier alpha value is -1.43. The fourth-order valence-electron chi connectivity index (χ4n) is 0.965. The second kappa shape index (κ2) is 3.14. The zero-order valence-electron chi connectivity index (χ0n) is 6.93. The highest BCUT2D eigenvalue weighted by Gasteiger charge is 2.03. The molecular weight excluding hydrogens is 190 g/mol. The summed E-state index contributed by atoms with van der Waals surface area (Å²) in [6.45, 7) is 2.35. The predicted molar refractivity (Wildman–Crippen MR) is 46.7 cm³/mol. The lowest BCUT2D eigenvalue weighted by Crippen LogP contribution is -2.15. The van der Waals surface area contributed by atoms with Crippen molar-refractivity contribution in [3.05, 3.63) is 33.0 Å². The molecule has 0 bridgehead atoms. The molecule has 0 amide bonds. The van der Waals surface area contributed by atoms with E-state index < -0.39 is 5.76 Å². The van der Waals surface area contributed by atoms with Crippen molar-refractivity contribution >= 4 is 11.3 Å². The molecule has 0 spiro atoms. The van der Waals surface area contributed by atoms with Crippen molar-refractivity contribution in [3.8, 4) is 0 Å². The lowest BCUT2D eigenvalue weighted by Gasteiger charge is -1.91. The summed E-state index contributed by atoms with van der Waals surface area (Å²) >= 11 is 1.54. The van der Waals surface area contributed by atoms with Gasteiger partial charge in [0.1, 0.15) is 0 Å². The summed E-state index contributed by atoms with van der Waals surface area (Å²) in [6, 6.07) is 0. The van der Waals surface area contributed by atoms with E-state index in [4.69, 9.17) is 0 Å². The van der Waals surface area contributed by atoms with Gasteiger partial charge < -0.3 is 4.42 Å². The lowest BCUT2D eigenvalue weighted by atomic mass is 10.5. The largest absolute Gasteiger partial charge is 0.437 e. The van der Waals surface area contributed by atoms with E-state index in [9.17, 15) is 4.79 Å². The van der Waals surface area contributed by atoms with Gasteiger partial charge in [-0.15, -0.1) is 16.4 Å². The third-order valence-electron chi connectivity index (χ3n) is 1.53. The Morgan fingerprint density at radius 2 is 2.54 bits per heavy atom. The van der Waals surface area contributed by atoms with Gasteiger partial charge in [-0.1, -0.05) is 0 Å². The molecule has 0 unspecified atom stereocenters. The Kier molecular flexibility index (Phi) is 1.97. The summed E-state index contributed by atoms with van der Waals surface area (Å²) in [5.41, 5.74) is 0. The smallest absolute Gasteiger partial charge is 0.395 e. The predicted octanol–water partition coefficient (Wildman–Crippen LogP) is 0.650. The van der Waals surface area contributed by atoms with Crippen molar-refractivity contribution in [1.29, 1.82) is 0 Å². The van der Waals surface area contributed by atoms with Gasteiger partial charge in [-0.25, -0.2) is 9.78 Å². The average molecular weight is 197 g/mol. The third kappa shape index (κ3) is 1.67. The molecule has 2 aromatic rings. The van der Waals surface area contributed by atoms with E-state index in [2.05, 4.69) is 14.5 Å². The van der Waals surface area contributed by atoms with Crippen LogP contribution in [0.15, 0.2) is 21.8 Å². The van der Waals surface area contributed by atoms with Crippen molar-refractivity contribution in [2.75, 3.05) is 0 Å². The first-order valence-corrected chi connectivity index (χ1v) is 4.49. The summed E-state index contributed by atoms with van der Waals surface area (Å²) in [6.07, 6.45) is 2.87. The van der Waals surface area contributed by atoms with Crippen molar-refractivity contribution in [1.82, 2.24) is 14.8 Å². The van der Waals surface area contributed by atoms with Crippen LogP contribution in [0.5, 0.6) is 0 Å². The van der Waals surface area contributed by atoms with Crippen LogP contribution in [0.1, 0.15) is 9.88 Å². The van der Waals surface area contributed by atoms with E-state index in [0.29, 0.717) is 6.54 Å². The molecule has 0 atom stereocenters. The highest BCUT2D eigenvalue weighted by Crippen LogP contribution is 2.11. The van der Waals surface area contributed by atoms with Crippen molar-refractivity contribution in [2.45, 2.75) is 13.5 Å².